The van der Waals surface area contributed by atoms with Gasteiger partial charge in [0.2, 0.25) is 0 Å². The van der Waals surface area contributed by atoms with Gasteiger partial charge in [-0.25, -0.2) is 0 Å². The molecule has 114 valence electrons. The maximum atomic E-state index is 12.1. The second kappa shape index (κ2) is 6.87. The topological polar surface area (TPSA) is 92.5 Å². The molecule has 0 saturated heterocycles. The predicted octanol–water partition coefficient (Wildman–Crippen LogP) is 2.53. The first kappa shape index (κ1) is 15.7. The van der Waals surface area contributed by atoms with E-state index in [2.05, 4.69) is 5.32 Å². The van der Waals surface area contributed by atoms with Gasteiger partial charge in [0.05, 0.1) is 21.6 Å². The molecule has 0 atom stereocenters. The van der Waals surface area contributed by atoms with E-state index >= 15 is 0 Å². The van der Waals surface area contributed by atoms with Crippen LogP contribution in [-0.2, 0) is 0 Å². The van der Waals surface area contributed by atoms with Gasteiger partial charge in [-0.15, -0.1) is 0 Å². The Morgan fingerprint density at radius 3 is 2.67 bits per heavy atom. The van der Waals surface area contributed by atoms with Gasteiger partial charge in [-0.3, -0.25) is 14.9 Å². The number of hydrogen-bond acceptors (Lipinski definition) is 4. The van der Waals surface area contributed by atoms with Crippen molar-refractivity contribution >= 4 is 23.2 Å². The van der Waals surface area contributed by atoms with Crippen molar-refractivity contribution in [2.24, 2.45) is 5.92 Å². The Morgan fingerprint density at radius 1 is 1.38 bits per heavy atom. The zero-order chi connectivity index (χ0) is 15.4. The van der Waals surface area contributed by atoms with Crippen LogP contribution in [0, 0.1) is 16.0 Å². The molecule has 0 bridgehead atoms. The Morgan fingerprint density at radius 2 is 2.05 bits per heavy atom. The summed E-state index contributed by atoms with van der Waals surface area (Å²) in [6.07, 6.45) is 2.99. The number of aliphatic hydroxyl groups is 1. The van der Waals surface area contributed by atoms with Gasteiger partial charge < -0.3 is 10.4 Å². The Kier molecular flexibility index (Phi) is 5.14. The summed E-state index contributed by atoms with van der Waals surface area (Å²) in [5.74, 6) is -0.0790. The summed E-state index contributed by atoms with van der Waals surface area (Å²) in [6.45, 7) is 0.491. The van der Waals surface area contributed by atoms with Crippen molar-refractivity contribution in [2.45, 2.75) is 31.8 Å². The van der Waals surface area contributed by atoms with Crippen LogP contribution >= 0.6 is 11.6 Å². The number of aliphatic hydroxyl groups excluding tert-OH is 1. The number of benzene rings is 1. The monoisotopic (exact) mass is 312 g/mol. The minimum absolute atomic E-state index is 0.113. The van der Waals surface area contributed by atoms with Crippen LogP contribution in [0.15, 0.2) is 18.2 Å². The number of nitrogens with zero attached hydrogens (tertiary/aromatic N) is 1. The van der Waals surface area contributed by atoms with E-state index in [0.29, 0.717) is 12.5 Å². The molecule has 1 aromatic rings. The predicted molar refractivity (Wildman–Crippen MR) is 78.4 cm³/mol. The fourth-order valence-corrected chi connectivity index (χ4v) is 2.69. The van der Waals surface area contributed by atoms with Crippen molar-refractivity contribution in [3.05, 3.63) is 38.9 Å². The molecule has 1 fully saturated rings. The molecule has 2 rings (SSSR count). The number of nitrogens with one attached hydrogen (secondary N) is 1. The Bertz CT molecular complexity index is 542. The molecule has 0 radical (unpaired) electrons. The highest BCUT2D eigenvalue weighted by Crippen LogP contribution is 2.24. The molecule has 0 aromatic heterocycles. The molecular formula is C14H17ClN2O4. The molecule has 0 unspecified atom stereocenters. The van der Waals surface area contributed by atoms with Crippen LogP contribution in [0.4, 0.5) is 5.69 Å². The normalized spacial score (nSPS) is 21.8. The van der Waals surface area contributed by atoms with Gasteiger partial charge in [0.25, 0.3) is 11.6 Å². The van der Waals surface area contributed by atoms with E-state index in [1.54, 1.807) is 0 Å². The molecule has 6 nitrogen and oxygen atoms in total. The van der Waals surface area contributed by atoms with Crippen LogP contribution in [0.25, 0.3) is 0 Å². The minimum Gasteiger partial charge on any atom is -0.393 e. The van der Waals surface area contributed by atoms with Crippen LogP contribution in [0.3, 0.4) is 0 Å². The SMILES string of the molecule is O=C(NCC1CCC(O)CC1)c1cc([N+](=O)[O-])ccc1Cl. The van der Waals surface area contributed by atoms with E-state index in [1.807, 2.05) is 0 Å². The van der Waals surface area contributed by atoms with E-state index in [1.165, 1.54) is 18.2 Å². The van der Waals surface area contributed by atoms with Crippen LogP contribution in [-0.4, -0.2) is 28.6 Å². The van der Waals surface area contributed by atoms with E-state index in [4.69, 9.17) is 11.6 Å². The molecular weight excluding hydrogens is 296 g/mol. The summed E-state index contributed by atoms with van der Waals surface area (Å²) in [5, 5.41) is 23.1. The van der Waals surface area contributed by atoms with Crippen LogP contribution in [0.2, 0.25) is 5.02 Å². The first-order chi connectivity index (χ1) is 9.97. The van der Waals surface area contributed by atoms with E-state index in [0.717, 1.165) is 25.7 Å². The van der Waals surface area contributed by atoms with Crippen LogP contribution in [0.1, 0.15) is 36.0 Å². The van der Waals surface area contributed by atoms with Crippen molar-refractivity contribution in [1.82, 2.24) is 5.32 Å². The third-order valence-corrected chi connectivity index (χ3v) is 4.10. The average molecular weight is 313 g/mol. The largest absolute Gasteiger partial charge is 0.393 e. The number of hydrogen-bond donors (Lipinski definition) is 2. The lowest BCUT2D eigenvalue weighted by Gasteiger charge is -2.25. The lowest BCUT2D eigenvalue weighted by Crippen LogP contribution is -2.32. The summed E-state index contributed by atoms with van der Waals surface area (Å²) in [7, 11) is 0. The molecule has 7 heteroatoms. The molecule has 1 saturated carbocycles. The number of carbonyl (C=O) groups is 1. The lowest BCUT2D eigenvalue weighted by molar-refractivity contribution is -0.384. The van der Waals surface area contributed by atoms with E-state index in [-0.39, 0.29) is 22.4 Å². The van der Waals surface area contributed by atoms with Gasteiger partial charge in [0.1, 0.15) is 0 Å². The number of carbonyl (C=O) groups excluding carboxylic acids is 1. The van der Waals surface area contributed by atoms with E-state index < -0.39 is 10.8 Å². The van der Waals surface area contributed by atoms with Crippen molar-refractivity contribution in [3.63, 3.8) is 0 Å². The average Bonchev–Trinajstić information content (AvgIpc) is 2.46. The smallest absolute Gasteiger partial charge is 0.270 e. The van der Waals surface area contributed by atoms with Gasteiger partial charge in [-0.1, -0.05) is 11.6 Å². The third kappa shape index (κ3) is 4.15. The molecule has 0 heterocycles. The highest BCUT2D eigenvalue weighted by Gasteiger charge is 2.21. The first-order valence-electron chi connectivity index (χ1n) is 6.87. The molecule has 1 amide bonds. The maximum absolute atomic E-state index is 12.1. The van der Waals surface area contributed by atoms with Gasteiger partial charge >= 0.3 is 0 Å². The zero-order valence-electron chi connectivity index (χ0n) is 11.4. The summed E-state index contributed by atoms with van der Waals surface area (Å²) >= 11 is 5.92. The first-order valence-corrected chi connectivity index (χ1v) is 7.25. The highest BCUT2D eigenvalue weighted by atomic mass is 35.5. The molecule has 2 N–H and O–H groups in total. The van der Waals surface area contributed by atoms with Crippen molar-refractivity contribution in [2.75, 3.05) is 6.54 Å². The molecule has 1 aromatic carbocycles. The zero-order valence-corrected chi connectivity index (χ0v) is 12.2. The number of nitro benzene ring substituents is 1. The van der Waals surface area contributed by atoms with Crippen LogP contribution < -0.4 is 5.32 Å². The van der Waals surface area contributed by atoms with Gasteiger partial charge in [-0.2, -0.15) is 0 Å². The fraction of sp³-hybridized carbons (Fsp3) is 0.500. The Balaban J connectivity index is 1.97. The summed E-state index contributed by atoms with van der Waals surface area (Å²) in [5.41, 5.74) is -0.0490. The second-order valence-corrected chi connectivity index (χ2v) is 5.71. The minimum atomic E-state index is -0.560. The van der Waals surface area contributed by atoms with Gasteiger partial charge in [0.15, 0.2) is 0 Å². The van der Waals surface area contributed by atoms with Crippen molar-refractivity contribution < 1.29 is 14.8 Å². The number of non-ortho nitro benzene ring substituents is 1. The van der Waals surface area contributed by atoms with Gasteiger partial charge in [0, 0.05) is 18.7 Å². The number of rotatable bonds is 4. The number of nitro groups is 1. The summed E-state index contributed by atoms with van der Waals surface area (Å²) < 4.78 is 0. The number of halogens is 1. The number of amides is 1. The van der Waals surface area contributed by atoms with Crippen LogP contribution in [0.5, 0.6) is 0 Å². The van der Waals surface area contributed by atoms with Crippen molar-refractivity contribution in [3.8, 4) is 0 Å². The molecule has 0 spiro atoms. The summed E-state index contributed by atoms with van der Waals surface area (Å²) in [6, 6.07) is 3.80. The highest BCUT2D eigenvalue weighted by molar-refractivity contribution is 6.33. The lowest BCUT2D eigenvalue weighted by atomic mass is 9.87. The molecule has 1 aliphatic carbocycles. The quantitative estimate of drug-likeness (QED) is 0.660. The fourth-order valence-electron chi connectivity index (χ4n) is 2.48. The van der Waals surface area contributed by atoms with E-state index in [9.17, 15) is 20.0 Å². The Hall–Kier alpha value is -1.66. The molecule has 1 aliphatic rings. The molecule has 0 aliphatic heterocycles. The van der Waals surface area contributed by atoms with Crippen molar-refractivity contribution in [1.29, 1.82) is 0 Å². The second-order valence-electron chi connectivity index (χ2n) is 5.31. The molecule has 21 heavy (non-hydrogen) atoms. The third-order valence-electron chi connectivity index (χ3n) is 3.77. The maximum Gasteiger partial charge on any atom is 0.270 e. The standard InChI is InChI=1S/C14H17ClN2O4/c15-13-6-3-10(17(20)21)7-12(13)14(19)16-8-9-1-4-11(18)5-2-9/h3,6-7,9,11,18H,1-2,4-5,8H2,(H,16,19). The summed E-state index contributed by atoms with van der Waals surface area (Å²) in [4.78, 5) is 22.2. The van der Waals surface area contributed by atoms with Gasteiger partial charge in [-0.05, 0) is 37.7 Å². The Labute approximate surface area is 127 Å².